The van der Waals surface area contributed by atoms with Gasteiger partial charge in [-0.05, 0) is 33.6 Å². The van der Waals surface area contributed by atoms with E-state index in [1.807, 2.05) is 38.5 Å². The largest absolute Gasteiger partial charge is 0.310 e. The Morgan fingerprint density at radius 3 is 2.74 bits per heavy atom. The molecule has 2 heterocycles. The van der Waals surface area contributed by atoms with Gasteiger partial charge in [0.25, 0.3) is 0 Å². The van der Waals surface area contributed by atoms with Crippen LogP contribution >= 0.6 is 11.8 Å². The second kappa shape index (κ2) is 6.35. The monoisotopic (exact) mass is 334 g/mol. The van der Waals surface area contributed by atoms with Crippen LogP contribution < -0.4 is 5.32 Å². The fourth-order valence-corrected chi connectivity index (χ4v) is 3.21. The minimum Gasteiger partial charge on any atom is -0.310 e. The summed E-state index contributed by atoms with van der Waals surface area (Å²) in [6, 6.07) is 2.01. The standard InChI is InChI=1S/C15H22N6OS/c1-9(2)21-12(7-8-16-21)17-14(22)10(3)23-15-19-18-13(20(15)4)11-5-6-11/h7-11H,5-6H2,1-4H3,(H,17,22)/t10-/m1/s1. The lowest BCUT2D eigenvalue weighted by atomic mass is 10.4. The predicted octanol–water partition coefficient (Wildman–Crippen LogP) is 2.59. The summed E-state index contributed by atoms with van der Waals surface area (Å²) < 4.78 is 3.80. The molecule has 1 fully saturated rings. The lowest BCUT2D eigenvalue weighted by Gasteiger charge is -2.14. The molecule has 124 valence electrons. The van der Waals surface area contributed by atoms with E-state index >= 15 is 0 Å². The van der Waals surface area contributed by atoms with Crippen LogP contribution in [0.1, 0.15) is 51.4 Å². The Balaban J connectivity index is 1.64. The molecule has 1 aliphatic carbocycles. The first-order chi connectivity index (χ1) is 11.0. The van der Waals surface area contributed by atoms with Crippen molar-refractivity contribution in [3.63, 3.8) is 0 Å². The first-order valence-corrected chi connectivity index (χ1v) is 8.75. The van der Waals surface area contributed by atoms with Crippen molar-refractivity contribution in [2.24, 2.45) is 7.05 Å². The molecule has 0 radical (unpaired) electrons. The third-order valence-corrected chi connectivity index (χ3v) is 5.01. The highest BCUT2D eigenvalue weighted by Gasteiger charge is 2.30. The minimum atomic E-state index is -0.263. The van der Waals surface area contributed by atoms with E-state index in [0.29, 0.717) is 11.7 Å². The lowest BCUT2D eigenvalue weighted by Crippen LogP contribution is -2.25. The van der Waals surface area contributed by atoms with Gasteiger partial charge in [-0.1, -0.05) is 11.8 Å². The molecule has 2 aromatic rings. The Kier molecular flexibility index (Phi) is 4.43. The number of carbonyl (C=O) groups excluding carboxylic acids is 1. The van der Waals surface area contributed by atoms with Gasteiger partial charge < -0.3 is 9.88 Å². The Hall–Kier alpha value is -1.83. The quantitative estimate of drug-likeness (QED) is 0.822. The van der Waals surface area contributed by atoms with Gasteiger partial charge in [-0.25, -0.2) is 4.68 Å². The molecule has 8 heteroatoms. The number of aromatic nitrogens is 5. The second-order valence-electron chi connectivity index (χ2n) is 6.18. The smallest absolute Gasteiger partial charge is 0.238 e. The molecule has 1 N–H and O–H groups in total. The Morgan fingerprint density at radius 1 is 1.35 bits per heavy atom. The third kappa shape index (κ3) is 3.41. The SMILES string of the molecule is CC(C)n1nccc1NC(=O)[C@@H](C)Sc1nnc(C2CC2)n1C. The van der Waals surface area contributed by atoms with Gasteiger partial charge in [0.1, 0.15) is 11.6 Å². The molecular weight excluding hydrogens is 312 g/mol. The normalized spacial score (nSPS) is 15.9. The fourth-order valence-electron chi connectivity index (χ4n) is 2.39. The van der Waals surface area contributed by atoms with Crippen molar-refractivity contribution in [2.75, 3.05) is 5.32 Å². The van der Waals surface area contributed by atoms with Gasteiger partial charge in [0.2, 0.25) is 5.91 Å². The van der Waals surface area contributed by atoms with Crippen molar-refractivity contribution < 1.29 is 4.79 Å². The summed E-state index contributed by atoms with van der Waals surface area (Å²) in [6.07, 6.45) is 4.07. The number of thioether (sulfide) groups is 1. The highest BCUT2D eigenvalue weighted by molar-refractivity contribution is 8.00. The number of amides is 1. The molecular formula is C15H22N6OS. The van der Waals surface area contributed by atoms with Gasteiger partial charge in [-0.3, -0.25) is 4.79 Å². The van der Waals surface area contributed by atoms with Crippen LogP contribution in [0, 0.1) is 0 Å². The minimum absolute atomic E-state index is 0.0617. The maximum Gasteiger partial charge on any atom is 0.238 e. The molecule has 0 bridgehead atoms. The highest BCUT2D eigenvalue weighted by Crippen LogP contribution is 2.39. The molecule has 7 nitrogen and oxygen atoms in total. The summed E-state index contributed by atoms with van der Waals surface area (Å²) >= 11 is 1.43. The van der Waals surface area contributed by atoms with E-state index < -0.39 is 0 Å². The number of hydrogen-bond acceptors (Lipinski definition) is 5. The second-order valence-corrected chi connectivity index (χ2v) is 7.49. The predicted molar refractivity (Wildman–Crippen MR) is 89.5 cm³/mol. The average molecular weight is 334 g/mol. The van der Waals surface area contributed by atoms with Gasteiger partial charge in [-0.15, -0.1) is 10.2 Å². The zero-order chi connectivity index (χ0) is 16.6. The number of carbonyl (C=O) groups is 1. The summed E-state index contributed by atoms with van der Waals surface area (Å²) in [5.74, 6) is 2.23. The van der Waals surface area contributed by atoms with Gasteiger partial charge in [0.05, 0.1) is 11.4 Å². The van der Waals surface area contributed by atoms with Crippen molar-refractivity contribution >= 4 is 23.5 Å². The molecule has 1 saturated carbocycles. The topological polar surface area (TPSA) is 77.6 Å². The van der Waals surface area contributed by atoms with E-state index in [2.05, 4.69) is 20.6 Å². The summed E-state index contributed by atoms with van der Waals surface area (Å²) in [4.78, 5) is 12.4. The van der Waals surface area contributed by atoms with Crippen LogP contribution in [0.15, 0.2) is 17.4 Å². The number of hydrogen-bond donors (Lipinski definition) is 1. The molecule has 0 aromatic carbocycles. The Morgan fingerprint density at radius 2 is 2.09 bits per heavy atom. The molecule has 23 heavy (non-hydrogen) atoms. The summed E-state index contributed by atoms with van der Waals surface area (Å²) in [6.45, 7) is 5.93. The summed E-state index contributed by atoms with van der Waals surface area (Å²) in [5, 5.41) is 16.2. The molecule has 2 aromatic heterocycles. The summed E-state index contributed by atoms with van der Waals surface area (Å²) in [5.41, 5.74) is 0. The maximum atomic E-state index is 12.4. The van der Waals surface area contributed by atoms with Crippen molar-refractivity contribution in [2.45, 2.75) is 56.0 Å². The molecule has 1 aliphatic rings. The molecule has 1 amide bonds. The molecule has 0 aliphatic heterocycles. The van der Waals surface area contributed by atoms with Crippen molar-refractivity contribution in [3.05, 3.63) is 18.1 Å². The van der Waals surface area contributed by atoms with Crippen LogP contribution in [0.3, 0.4) is 0 Å². The maximum absolute atomic E-state index is 12.4. The van der Waals surface area contributed by atoms with Crippen molar-refractivity contribution in [1.82, 2.24) is 24.5 Å². The highest BCUT2D eigenvalue weighted by atomic mass is 32.2. The van der Waals surface area contributed by atoms with E-state index in [9.17, 15) is 4.79 Å². The van der Waals surface area contributed by atoms with E-state index in [1.54, 1.807) is 10.9 Å². The molecule has 0 saturated heterocycles. The zero-order valence-corrected chi connectivity index (χ0v) is 14.7. The van der Waals surface area contributed by atoms with Crippen LogP contribution in [0.4, 0.5) is 5.82 Å². The van der Waals surface area contributed by atoms with E-state index in [-0.39, 0.29) is 17.2 Å². The Bertz CT molecular complexity index is 703. The van der Waals surface area contributed by atoms with E-state index in [4.69, 9.17) is 0 Å². The van der Waals surface area contributed by atoms with E-state index in [1.165, 1.54) is 24.6 Å². The van der Waals surface area contributed by atoms with Crippen molar-refractivity contribution in [1.29, 1.82) is 0 Å². The van der Waals surface area contributed by atoms with Crippen LogP contribution in [0.25, 0.3) is 0 Å². The molecule has 0 unspecified atom stereocenters. The summed E-state index contributed by atoms with van der Waals surface area (Å²) in [7, 11) is 1.97. The van der Waals surface area contributed by atoms with Gasteiger partial charge in [-0.2, -0.15) is 5.10 Å². The molecule has 0 spiro atoms. The number of nitrogens with zero attached hydrogens (tertiary/aromatic N) is 5. The lowest BCUT2D eigenvalue weighted by molar-refractivity contribution is -0.115. The average Bonchev–Trinajstić information content (AvgIpc) is 3.13. The third-order valence-electron chi connectivity index (χ3n) is 3.87. The number of anilines is 1. The van der Waals surface area contributed by atoms with Gasteiger partial charge in [0, 0.05) is 25.1 Å². The van der Waals surface area contributed by atoms with Gasteiger partial charge in [0.15, 0.2) is 5.16 Å². The van der Waals surface area contributed by atoms with Crippen LogP contribution in [0.5, 0.6) is 0 Å². The fraction of sp³-hybridized carbons (Fsp3) is 0.600. The van der Waals surface area contributed by atoms with Crippen LogP contribution in [0.2, 0.25) is 0 Å². The van der Waals surface area contributed by atoms with Crippen LogP contribution in [-0.2, 0) is 11.8 Å². The first kappa shape index (κ1) is 16.0. The van der Waals surface area contributed by atoms with Gasteiger partial charge >= 0.3 is 0 Å². The van der Waals surface area contributed by atoms with E-state index in [0.717, 1.165) is 11.0 Å². The molecule has 1 atom stereocenters. The number of nitrogens with one attached hydrogen (secondary N) is 1. The molecule has 3 rings (SSSR count). The van der Waals surface area contributed by atoms with Crippen molar-refractivity contribution in [3.8, 4) is 0 Å². The zero-order valence-electron chi connectivity index (χ0n) is 13.9. The Labute approximate surface area is 139 Å². The number of rotatable bonds is 6. The van der Waals surface area contributed by atoms with Crippen LogP contribution in [-0.4, -0.2) is 35.7 Å². The first-order valence-electron chi connectivity index (χ1n) is 7.87.